The Morgan fingerprint density at radius 2 is 1.42 bits per heavy atom. The summed E-state index contributed by atoms with van der Waals surface area (Å²) in [5, 5.41) is 11.8. The lowest BCUT2D eigenvalue weighted by Gasteiger charge is -2.49. The van der Waals surface area contributed by atoms with Crippen LogP contribution in [0.5, 0.6) is 0 Å². The predicted molar refractivity (Wildman–Crippen MR) is 81.5 cm³/mol. The van der Waals surface area contributed by atoms with Gasteiger partial charge in [-0.2, -0.15) is 0 Å². The van der Waals surface area contributed by atoms with E-state index in [-0.39, 0.29) is 10.8 Å². The molecule has 1 aliphatic carbocycles. The number of benzene rings is 1. The molecule has 1 N–H and O–H groups in total. The van der Waals surface area contributed by atoms with Crippen molar-refractivity contribution >= 4 is 11.6 Å². The molecule has 2 rings (SSSR count). The molecule has 0 saturated heterocycles. The highest BCUT2D eigenvalue weighted by Crippen LogP contribution is 2.50. The summed E-state index contributed by atoms with van der Waals surface area (Å²) >= 11 is 5.92. The van der Waals surface area contributed by atoms with E-state index in [9.17, 15) is 5.11 Å². The Morgan fingerprint density at radius 3 is 1.89 bits per heavy atom. The second-order valence-corrected chi connectivity index (χ2v) is 8.32. The van der Waals surface area contributed by atoms with Crippen molar-refractivity contribution in [2.45, 2.75) is 59.0 Å². The Balaban J connectivity index is 2.19. The van der Waals surface area contributed by atoms with Crippen LogP contribution < -0.4 is 0 Å². The van der Waals surface area contributed by atoms with E-state index >= 15 is 0 Å². The van der Waals surface area contributed by atoms with E-state index in [1.54, 1.807) is 0 Å². The van der Waals surface area contributed by atoms with Crippen LogP contribution in [-0.2, 0) is 6.42 Å². The molecule has 2 heteroatoms. The molecule has 0 aliphatic heterocycles. The van der Waals surface area contributed by atoms with Gasteiger partial charge in [0.25, 0.3) is 0 Å². The number of hydrogen-bond acceptors (Lipinski definition) is 1. The Morgan fingerprint density at radius 1 is 0.947 bits per heavy atom. The Labute approximate surface area is 122 Å². The fraction of sp³-hybridized carbons (Fsp3) is 0.647. The molecule has 0 amide bonds. The van der Waals surface area contributed by atoms with Gasteiger partial charge in [0.05, 0.1) is 5.60 Å². The monoisotopic (exact) mass is 280 g/mol. The molecule has 0 radical (unpaired) electrons. The number of hydrogen-bond donors (Lipinski definition) is 1. The zero-order valence-electron chi connectivity index (χ0n) is 12.5. The molecule has 19 heavy (non-hydrogen) atoms. The molecule has 0 atom stereocenters. The van der Waals surface area contributed by atoms with E-state index in [0.717, 1.165) is 24.3 Å². The Hall–Kier alpha value is -0.530. The van der Waals surface area contributed by atoms with Crippen LogP contribution in [0.1, 0.15) is 52.5 Å². The Bertz CT molecular complexity index is 429. The minimum atomic E-state index is -0.598. The largest absolute Gasteiger partial charge is 0.390 e. The third-order valence-corrected chi connectivity index (χ3v) is 4.27. The molecule has 1 aromatic carbocycles. The van der Waals surface area contributed by atoms with E-state index in [0.29, 0.717) is 0 Å². The molecule has 1 nitrogen and oxygen atoms in total. The van der Waals surface area contributed by atoms with Crippen molar-refractivity contribution in [2.24, 2.45) is 10.8 Å². The number of aliphatic hydroxyl groups is 1. The van der Waals surface area contributed by atoms with Crippen molar-refractivity contribution in [3.05, 3.63) is 34.9 Å². The second-order valence-electron chi connectivity index (χ2n) is 7.89. The first kappa shape index (κ1) is 14.9. The van der Waals surface area contributed by atoms with Crippen molar-refractivity contribution in [3.63, 3.8) is 0 Å². The van der Waals surface area contributed by atoms with Gasteiger partial charge >= 0.3 is 0 Å². The summed E-state index contributed by atoms with van der Waals surface area (Å²) in [6.07, 6.45) is 3.62. The van der Waals surface area contributed by atoms with Gasteiger partial charge in [0.2, 0.25) is 0 Å². The maximum Gasteiger partial charge on any atom is 0.0698 e. The zero-order chi connectivity index (χ0) is 14.3. The van der Waals surface area contributed by atoms with Crippen LogP contribution in [0.25, 0.3) is 0 Å². The topological polar surface area (TPSA) is 20.2 Å². The lowest BCUT2D eigenvalue weighted by atomic mass is 9.58. The van der Waals surface area contributed by atoms with E-state index in [1.165, 1.54) is 12.0 Å². The van der Waals surface area contributed by atoms with E-state index in [1.807, 2.05) is 24.3 Å². The van der Waals surface area contributed by atoms with Gasteiger partial charge in [0, 0.05) is 11.4 Å². The summed E-state index contributed by atoms with van der Waals surface area (Å²) in [6, 6.07) is 7.85. The van der Waals surface area contributed by atoms with Gasteiger partial charge in [-0.1, -0.05) is 51.4 Å². The summed E-state index contributed by atoms with van der Waals surface area (Å²) in [5.41, 5.74) is 0.964. The minimum absolute atomic E-state index is 0.197. The molecule has 0 bridgehead atoms. The lowest BCUT2D eigenvalue weighted by Crippen LogP contribution is -2.47. The maximum absolute atomic E-state index is 11.0. The van der Waals surface area contributed by atoms with Crippen LogP contribution in [0, 0.1) is 10.8 Å². The standard InChI is InChI=1S/C17H25ClO/c1-15(2)10-16(3,4)12-17(19,11-15)9-13-5-7-14(18)8-6-13/h5-8,19H,9-12H2,1-4H3. The van der Waals surface area contributed by atoms with Crippen molar-refractivity contribution in [2.75, 3.05) is 0 Å². The fourth-order valence-corrected chi connectivity index (χ4v) is 4.50. The van der Waals surface area contributed by atoms with Crippen molar-refractivity contribution in [3.8, 4) is 0 Å². The maximum atomic E-state index is 11.0. The third kappa shape index (κ3) is 3.97. The van der Waals surface area contributed by atoms with Gasteiger partial charge < -0.3 is 5.11 Å². The molecular formula is C17H25ClO. The first-order valence-electron chi connectivity index (χ1n) is 7.06. The Kier molecular flexibility index (Phi) is 3.75. The predicted octanol–water partition coefficient (Wildman–Crippen LogP) is 4.85. The molecular weight excluding hydrogens is 256 g/mol. The summed E-state index contributed by atoms with van der Waals surface area (Å²) in [7, 11) is 0. The van der Waals surface area contributed by atoms with Gasteiger partial charge in [-0.25, -0.2) is 0 Å². The minimum Gasteiger partial charge on any atom is -0.390 e. The average molecular weight is 281 g/mol. The molecule has 106 valence electrons. The molecule has 0 spiro atoms. The molecule has 1 aromatic rings. The molecule has 0 aromatic heterocycles. The third-order valence-electron chi connectivity index (χ3n) is 4.02. The molecule has 0 unspecified atom stereocenters. The smallest absolute Gasteiger partial charge is 0.0698 e. The number of rotatable bonds is 2. The van der Waals surface area contributed by atoms with Crippen LogP contribution in [0.2, 0.25) is 5.02 Å². The fourth-order valence-electron chi connectivity index (χ4n) is 4.37. The summed E-state index contributed by atoms with van der Waals surface area (Å²) < 4.78 is 0. The quantitative estimate of drug-likeness (QED) is 0.821. The first-order chi connectivity index (χ1) is 8.59. The van der Waals surface area contributed by atoms with Crippen LogP contribution in [0.3, 0.4) is 0 Å². The average Bonchev–Trinajstić information content (AvgIpc) is 2.15. The highest BCUT2D eigenvalue weighted by atomic mass is 35.5. The van der Waals surface area contributed by atoms with Crippen LogP contribution in [0.15, 0.2) is 24.3 Å². The van der Waals surface area contributed by atoms with Gasteiger partial charge in [-0.3, -0.25) is 0 Å². The first-order valence-corrected chi connectivity index (χ1v) is 7.44. The van der Waals surface area contributed by atoms with Crippen LogP contribution >= 0.6 is 11.6 Å². The summed E-state index contributed by atoms with van der Waals surface area (Å²) in [5.74, 6) is 0. The zero-order valence-corrected chi connectivity index (χ0v) is 13.2. The van der Waals surface area contributed by atoms with Gasteiger partial charge in [0.15, 0.2) is 0 Å². The van der Waals surface area contributed by atoms with Gasteiger partial charge in [-0.15, -0.1) is 0 Å². The van der Waals surface area contributed by atoms with E-state index < -0.39 is 5.60 Å². The van der Waals surface area contributed by atoms with Gasteiger partial charge in [0.1, 0.15) is 0 Å². The van der Waals surface area contributed by atoms with Gasteiger partial charge in [-0.05, 0) is 47.8 Å². The van der Waals surface area contributed by atoms with Crippen molar-refractivity contribution in [1.82, 2.24) is 0 Å². The SMILES string of the molecule is CC1(C)CC(C)(C)CC(O)(Cc2ccc(Cl)cc2)C1. The molecule has 1 fully saturated rings. The highest BCUT2D eigenvalue weighted by Gasteiger charge is 2.46. The summed E-state index contributed by atoms with van der Waals surface area (Å²) in [4.78, 5) is 0. The van der Waals surface area contributed by atoms with Crippen LogP contribution in [0.4, 0.5) is 0 Å². The second kappa shape index (κ2) is 4.79. The molecule has 1 aliphatic rings. The van der Waals surface area contributed by atoms with E-state index in [4.69, 9.17) is 11.6 Å². The van der Waals surface area contributed by atoms with Crippen molar-refractivity contribution in [1.29, 1.82) is 0 Å². The molecule has 0 heterocycles. The van der Waals surface area contributed by atoms with E-state index in [2.05, 4.69) is 27.7 Å². The van der Waals surface area contributed by atoms with Crippen LogP contribution in [-0.4, -0.2) is 10.7 Å². The summed E-state index contributed by atoms with van der Waals surface area (Å²) in [6.45, 7) is 9.06. The number of halogens is 1. The highest BCUT2D eigenvalue weighted by molar-refractivity contribution is 6.30. The van der Waals surface area contributed by atoms with Crippen molar-refractivity contribution < 1.29 is 5.11 Å². The normalized spacial score (nSPS) is 24.1. The molecule has 1 saturated carbocycles. The lowest BCUT2D eigenvalue weighted by molar-refractivity contribution is -0.0850.